The second kappa shape index (κ2) is 68.2. The maximum atomic E-state index is 8.34. The van der Waals surface area contributed by atoms with Crippen LogP contribution in [0.5, 0.6) is 0 Å². The highest BCUT2D eigenvalue weighted by Gasteiger charge is 2.64. The van der Waals surface area contributed by atoms with E-state index in [4.69, 9.17) is 131 Å². The number of hydrogen-bond acceptors (Lipinski definition) is 31. The van der Waals surface area contributed by atoms with Crippen molar-refractivity contribution in [1.29, 1.82) is 0 Å². The summed E-state index contributed by atoms with van der Waals surface area (Å²) in [7, 11) is -21.8. The van der Waals surface area contributed by atoms with Crippen molar-refractivity contribution in [1.82, 2.24) is 16.0 Å². The van der Waals surface area contributed by atoms with Crippen LogP contribution in [0.2, 0.25) is 125 Å². The molecule has 5 atom stereocenters. The van der Waals surface area contributed by atoms with Gasteiger partial charge in [-0.25, -0.2) is 0 Å². The van der Waals surface area contributed by atoms with E-state index in [1.165, 1.54) is 12.1 Å². The SMILES string of the molecule is CCC[Si](C)(OC)O[Si](CCNCCN)(OC)O[Si](CCC)(OC)O[Si](CCNCCN)(OC)O[Si](CCC)(OC)O[Si](CCC)(OC)OC.CCO[Si](C)(CCCN)OCC.CCO[Si](C)(CCCNCCC[Si](C)(OCC)OCC)OCC.C[Si](C)(CCCN)O[Si](C)(C)CCCN.NCCC[Si](O)(O)O. The number of nitrogens with one attached hydrogen (secondary N) is 3. The molecule has 0 aromatic carbocycles. The Labute approximate surface area is 672 Å². The molecule has 5 unspecified atom stereocenters. The number of rotatable bonds is 69. The molecule has 658 valence electrons. The van der Waals surface area contributed by atoms with Crippen LogP contribution in [0.15, 0.2) is 0 Å². The highest BCUT2D eigenvalue weighted by atomic mass is 28.5. The molecule has 43 heteroatoms. The molecule has 0 aliphatic carbocycles. The Kier molecular flexibility index (Phi) is 74.4. The fourth-order valence-corrected chi connectivity index (χ4v) is 54.0. The summed E-state index contributed by atoms with van der Waals surface area (Å²) in [4.78, 5) is 25.0. The van der Waals surface area contributed by atoms with Crippen LogP contribution in [-0.4, -0.2) is 286 Å². The van der Waals surface area contributed by atoms with Gasteiger partial charge in [0.25, 0.3) is 0 Å². The molecule has 0 aliphatic rings. The van der Waals surface area contributed by atoms with Gasteiger partial charge in [-0.2, -0.15) is 0 Å². The second-order valence-corrected chi connectivity index (χ2v) is 68.0. The van der Waals surface area contributed by atoms with Crippen LogP contribution in [0, 0.1) is 0 Å². The van der Waals surface area contributed by atoms with E-state index in [0.717, 1.165) is 141 Å². The van der Waals surface area contributed by atoms with Crippen molar-refractivity contribution in [2.45, 2.75) is 258 Å². The third-order valence-electron chi connectivity index (χ3n) is 16.9. The summed E-state index contributed by atoms with van der Waals surface area (Å²) >= 11 is 0. The predicted octanol–water partition coefficient (Wildman–Crippen LogP) is 8.59. The second-order valence-electron chi connectivity index (χ2n) is 28.0. The molecule has 0 saturated heterocycles. The average Bonchev–Trinajstić information content (AvgIpc) is 0.774. The fourth-order valence-electron chi connectivity index (χ4n) is 11.7. The van der Waals surface area contributed by atoms with Crippen molar-refractivity contribution in [2.75, 3.05) is 168 Å². The molecule has 108 heavy (non-hydrogen) atoms. The van der Waals surface area contributed by atoms with Crippen LogP contribution in [0.25, 0.3) is 0 Å². The number of nitrogens with two attached hydrogens (primary N) is 6. The van der Waals surface area contributed by atoms with Crippen molar-refractivity contribution >= 4 is 104 Å². The van der Waals surface area contributed by atoms with Gasteiger partial charge < -0.3 is 147 Å². The lowest BCUT2D eigenvalue weighted by molar-refractivity contribution is 0.0583. The van der Waals surface area contributed by atoms with Gasteiger partial charge in [-0.05, 0) is 221 Å². The van der Waals surface area contributed by atoms with Crippen LogP contribution in [0.4, 0.5) is 0 Å². The highest BCUT2D eigenvalue weighted by Crippen LogP contribution is 2.37. The third-order valence-corrected chi connectivity index (χ3v) is 58.6. The zero-order valence-corrected chi connectivity index (χ0v) is 85.3. The molecular formula is C65H173N9O22Si12. The lowest BCUT2D eigenvalue weighted by Crippen LogP contribution is -2.69. The summed E-state index contributed by atoms with van der Waals surface area (Å²) in [5, 5.41) is 10.2. The van der Waals surface area contributed by atoms with Crippen LogP contribution in [0.3, 0.4) is 0 Å². The molecule has 18 N–H and O–H groups in total. The minimum Gasteiger partial charge on any atom is -0.455 e. The summed E-state index contributed by atoms with van der Waals surface area (Å²) in [6.07, 6.45) is 8.94. The first kappa shape index (κ1) is 118. The maximum absolute atomic E-state index is 8.34. The molecule has 0 radical (unpaired) electrons. The van der Waals surface area contributed by atoms with Gasteiger partial charge in [-0.15, -0.1) is 0 Å². The Morgan fingerprint density at radius 1 is 0.241 bits per heavy atom. The van der Waals surface area contributed by atoms with Crippen molar-refractivity contribution in [3.8, 4) is 0 Å². The zero-order valence-electron chi connectivity index (χ0n) is 73.3. The summed E-state index contributed by atoms with van der Waals surface area (Å²) < 4.78 is 120. The average molecular weight is 1770 g/mol. The van der Waals surface area contributed by atoms with E-state index in [0.29, 0.717) is 95.3 Å². The van der Waals surface area contributed by atoms with Gasteiger partial charge in [0, 0.05) is 152 Å². The van der Waals surface area contributed by atoms with Gasteiger partial charge in [0.1, 0.15) is 0 Å². The van der Waals surface area contributed by atoms with E-state index in [2.05, 4.69) is 75.6 Å². The van der Waals surface area contributed by atoms with Crippen molar-refractivity contribution in [2.24, 2.45) is 34.4 Å². The Balaban J connectivity index is -0.000000494. The smallest absolute Gasteiger partial charge is 0.455 e. The molecule has 0 saturated carbocycles. The van der Waals surface area contributed by atoms with Crippen molar-refractivity contribution in [3.05, 3.63) is 0 Å². The van der Waals surface area contributed by atoms with Crippen molar-refractivity contribution < 1.29 is 96.6 Å². The number of hydrogen-bond donors (Lipinski definition) is 12. The first-order chi connectivity index (χ1) is 50.8. The first-order valence-corrected chi connectivity index (χ1v) is 68.3. The normalized spacial score (nSPS) is 15.4. The lowest BCUT2D eigenvalue weighted by atomic mass is 10.4. The standard InChI is InChI=1S/C28H74N4O12Si6.C16H39NO4Si2.C10H28N2OSi2.C8H21NO2Si.C3H11NO3Si/c1-13-23-45(12,33-5)40-49(38-10,27-21-31-19-17-29)42-48(37-9,26-16-4)44-50(39-11,28-22-32-20-18-30)43-47(36-8,25-15-3)41-46(34-6,35-7)24-14-2;1-7-18-22(5,19-8-2)15-11-13-17-14-12-16-23(6,20-9-3)21-10-4;1-14(2,9-5-7-11)13-15(3,4)10-6-8-12;1-4-10-12(3,11-5-2)8-6-7-9;4-2-1-3-8(5,6)7/h31-32H,13-30H2,1-12H3;17H,7-16H2,1-6H3;5-12H2,1-4H3;4-9H2,1-3H3;5-7H,1-4H2. The highest BCUT2D eigenvalue weighted by molar-refractivity contribution is 6.87. The lowest BCUT2D eigenvalue weighted by Gasteiger charge is -2.46. The molecule has 0 aromatic heterocycles. The van der Waals surface area contributed by atoms with Gasteiger partial charge in [-0.3, -0.25) is 0 Å². The molecule has 0 heterocycles. The molecule has 0 spiro atoms. The Bertz CT molecular complexity index is 1970. The van der Waals surface area contributed by atoms with E-state index in [1.54, 1.807) is 49.8 Å². The quantitative estimate of drug-likeness (QED) is 0.0200. The van der Waals surface area contributed by atoms with Gasteiger partial charge in [-0.1, -0.05) is 53.4 Å². The van der Waals surface area contributed by atoms with Gasteiger partial charge >= 0.3 is 87.1 Å². The topological polar surface area (TPSA) is 428 Å². The van der Waals surface area contributed by atoms with Crippen LogP contribution in [-0.2, 0) is 82.2 Å². The van der Waals surface area contributed by atoms with Crippen molar-refractivity contribution in [3.63, 3.8) is 0 Å². The van der Waals surface area contributed by atoms with Crippen LogP contribution >= 0.6 is 0 Å². The summed E-state index contributed by atoms with van der Waals surface area (Å²) in [5.41, 5.74) is 33.1. The Hall–Kier alpha value is 1.36. The summed E-state index contributed by atoms with van der Waals surface area (Å²) in [6.45, 7) is 50.5. The first-order valence-electron chi connectivity index (χ1n) is 40.2. The fraction of sp³-hybridized carbons (Fsp3) is 1.00. The van der Waals surface area contributed by atoms with E-state index >= 15 is 0 Å². The van der Waals surface area contributed by atoms with Crippen LogP contribution in [0.1, 0.15) is 133 Å². The molecule has 0 fully saturated rings. The van der Waals surface area contributed by atoms with E-state index in [1.807, 2.05) is 61.9 Å². The molecular weight excluding hydrogens is 1600 g/mol. The minimum absolute atomic E-state index is 0.0451. The summed E-state index contributed by atoms with van der Waals surface area (Å²) in [6, 6.07) is 8.55. The zero-order chi connectivity index (χ0) is 83.8. The third kappa shape index (κ3) is 58.3. The van der Waals surface area contributed by atoms with Gasteiger partial charge in [0.15, 0.2) is 16.6 Å². The maximum Gasteiger partial charge on any atom is 0.493 e. The van der Waals surface area contributed by atoms with Crippen LogP contribution < -0.4 is 50.4 Å². The largest absolute Gasteiger partial charge is 0.493 e. The molecule has 0 amide bonds. The minimum atomic E-state index is -3.80. The molecule has 0 aromatic rings. The monoisotopic (exact) mass is 1770 g/mol. The summed E-state index contributed by atoms with van der Waals surface area (Å²) in [5.74, 6) is 0. The Morgan fingerprint density at radius 2 is 0.500 bits per heavy atom. The predicted molar refractivity (Wildman–Crippen MR) is 467 cm³/mol. The molecule has 31 nitrogen and oxygen atoms in total. The van der Waals surface area contributed by atoms with E-state index in [-0.39, 0.29) is 6.04 Å². The molecule has 0 rings (SSSR count). The Morgan fingerprint density at radius 3 is 0.759 bits per heavy atom. The molecule has 0 aliphatic heterocycles. The van der Waals surface area contributed by atoms with E-state index in [9.17, 15) is 0 Å². The van der Waals surface area contributed by atoms with Gasteiger partial charge in [0.2, 0.25) is 0 Å². The molecule has 0 bridgehead atoms. The van der Waals surface area contributed by atoms with Gasteiger partial charge in [0.05, 0.1) is 0 Å². The van der Waals surface area contributed by atoms with E-state index < -0.39 is 104 Å².